The molecule has 2 aliphatic rings. The fraction of sp³-hybridized carbons (Fsp3) is 0.625. The number of hydrogen-bond donors (Lipinski definition) is 1. The lowest BCUT2D eigenvalue weighted by Crippen LogP contribution is -2.45. The van der Waals surface area contributed by atoms with Crippen LogP contribution in [0.1, 0.15) is 37.3 Å². The molecule has 0 aliphatic carbocycles. The molecule has 2 atom stereocenters. The Kier molecular flexibility index (Phi) is 4.95. The molecule has 2 unspecified atom stereocenters. The van der Waals surface area contributed by atoms with Crippen molar-refractivity contribution in [3.05, 3.63) is 33.4 Å². The van der Waals surface area contributed by atoms with Crippen molar-refractivity contribution in [1.82, 2.24) is 0 Å². The van der Waals surface area contributed by atoms with Crippen molar-refractivity contribution >= 4 is 34.4 Å². The number of benzene rings is 1. The van der Waals surface area contributed by atoms with Crippen molar-refractivity contribution in [2.45, 2.75) is 37.3 Å². The minimum atomic E-state index is 0.133. The van der Waals surface area contributed by atoms with Crippen LogP contribution >= 0.6 is 34.4 Å². The first kappa shape index (κ1) is 15.1. The Morgan fingerprint density at radius 2 is 2.15 bits per heavy atom. The van der Waals surface area contributed by atoms with Crippen LogP contribution in [0.3, 0.4) is 0 Å². The molecular formula is C16H22INOS. The lowest BCUT2D eigenvalue weighted by molar-refractivity contribution is -0.105. The van der Waals surface area contributed by atoms with Gasteiger partial charge in [-0.05, 0) is 83.4 Å². The second kappa shape index (κ2) is 6.55. The van der Waals surface area contributed by atoms with E-state index in [-0.39, 0.29) is 11.6 Å². The van der Waals surface area contributed by atoms with E-state index in [1.807, 2.05) is 0 Å². The van der Waals surface area contributed by atoms with Crippen LogP contribution in [0.5, 0.6) is 0 Å². The van der Waals surface area contributed by atoms with Gasteiger partial charge in [0.05, 0.1) is 5.60 Å². The van der Waals surface area contributed by atoms with Crippen LogP contribution in [-0.2, 0) is 4.74 Å². The Morgan fingerprint density at radius 3 is 2.90 bits per heavy atom. The molecule has 3 rings (SSSR count). The Labute approximate surface area is 139 Å². The quantitative estimate of drug-likeness (QED) is 0.759. The van der Waals surface area contributed by atoms with Gasteiger partial charge in [-0.1, -0.05) is 12.1 Å². The van der Waals surface area contributed by atoms with E-state index in [0.29, 0.717) is 5.92 Å². The van der Waals surface area contributed by atoms with Crippen LogP contribution in [0.15, 0.2) is 24.3 Å². The molecule has 2 N–H and O–H groups in total. The molecular weight excluding hydrogens is 381 g/mol. The van der Waals surface area contributed by atoms with E-state index in [2.05, 4.69) is 58.6 Å². The summed E-state index contributed by atoms with van der Waals surface area (Å²) >= 11 is 4.42. The van der Waals surface area contributed by atoms with Crippen molar-refractivity contribution in [3.8, 4) is 0 Å². The van der Waals surface area contributed by atoms with Crippen LogP contribution in [0.25, 0.3) is 0 Å². The highest BCUT2D eigenvalue weighted by Gasteiger charge is 2.40. The predicted molar refractivity (Wildman–Crippen MR) is 94.1 cm³/mol. The molecule has 2 fully saturated rings. The van der Waals surface area contributed by atoms with Gasteiger partial charge in [-0.25, -0.2) is 0 Å². The summed E-state index contributed by atoms with van der Waals surface area (Å²) in [6.07, 6.45) is 4.64. The third kappa shape index (κ3) is 3.34. The third-order valence-corrected chi connectivity index (χ3v) is 6.33. The fourth-order valence-electron chi connectivity index (χ4n) is 3.45. The van der Waals surface area contributed by atoms with Crippen LogP contribution in [-0.4, -0.2) is 23.7 Å². The average molecular weight is 403 g/mol. The third-order valence-electron chi connectivity index (χ3n) is 4.68. The first-order valence-electron chi connectivity index (χ1n) is 7.41. The van der Waals surface area contributed by atoms with Crippen LogP contribution in [0.4, 0.5) is 0 Å². The topological polar surface area (TPSA) is 35.2 Å². The average Bonchev–Trinajstić information content (AvgIpc) is 2.47. The lowest BCUT2D eigenvalue weighted by atomic mass is 9.77. The lowest BCUT2D eigenvalue weighted by Gasteiger charge is -2.44. The maximum absolute atomic E-state index is 6.56. The number of nitrogens with two attached hydrogens (primary N) is 1. The van der Waals surface area contributed by atoms with Crippen molar-refractivity contribution in [3.63, 3.8) is 0 Å². The zero-order valence-corrected chi connectivity index (χ0v) is 14.7. The zero-order chi connectivity index (χ0) is 14.0. The molecule has 1 aromatic rings. The summed E-state index contributed by atoms with van der Waals surface area (Å²) < 4.78 is 7.45. The number of thioether (sulfide) groups is 1. The summed E-state index contributed by atoms with van der Waals surface area (Å²) in [6, 6.07) is 8.79. The van der Waals surface area contributed by atoms with Gasteiger partial charge in [-0.3, -0.25) is 0 Å². The molecule has 2 nitrogen and oxygen atoms in total. The largest absolute Gasteiger partial charge is 0.375 e. The first-order valence-corrected chi connectivity index (χ1v) is 9.65. The Balaban J connectivity index is 1.73. The highest BCUT2D eigenvalue weighted by molar-refractivity contribution is 14.1. The number of ether oxygens (including phenoxy) is 1. The van der Waals surface area contributed by atoms with Gasteiger partial charge in [-0.15, -0.1) is 0 Å². The molecule has 1 spiro atoms. The Bertz CT molecular complexity index is 456. The summed E-state index contributed by atoms with van der Waals surface area (Å²) in [5, 5.41) is 0. The fourth-order valence-corrected chi connectivity index (χ4v) is 5.25. The van der Waals surface area contributed by atoms with Crippen molar-refractivity contribution in [1.29, 1.82) is 0 Å². The molecule has 2 aliphatic heterocycles. The molecule has 2 saturated heterocycles. The molecule has 2 heterocycles. The van der Waals surface area contributed by atoms with Crippen molar-refractivity contribution in [2.75, 3.05) is 18.1 Å². The highest BCUT2D eigenvalue weighted by atomic mass is 127. The second-order valence-corrected chi connectivity index (χ2v) is 8.45. The SMILES string of the molecule is NC(c1cccc(I)c1)C1CCOC2(CCSCC2)C1. The standard InChI is InChI=1S/C16H22INOS/c17-14-3-1-2-12(10-14)15(18)13-4-7-19-16(11-13)5-8-20-9-6-16/h1-3,10,13,15H,4-9,11,18H2. The molecule has 0 saturated carbocycles. The molecule has 110 valence electrons. The van der Waals surface area contributed by atoms with Crippen LogP contribution in [0.2, 0.25) is 0 Å². The van der Waals surface area contributed by atoms with Gasteiger partial charge in [0, 0.05) is 16.2 Å². The van der Waals surface area contributed by atoms with Gasteiger partial charge >= 0.3 is 0 Å². The van der Waals surface area contributed by atoms with E-state index in [1.54, 1.807) is 0 Å². The number of halogens is 1. The minimum absolute atomic E-state index is 0.133. The van der Waals surface area contributed by atoms with Crippen molar-refractivity contribution < 1.29 is 4.74 Å². The van der Waals surface area contributed by atoms with E-state index >= 15 is 0 Å². The molecule has 1 aromatic carbocycles. The Morgan fingerprint density at radius 1 is 1.35 bits per heavy atom. The van der Waals surface area contributed by atoms with E-state index in [4.69, 9.17) is 10.5 Å². The maximum Gasteiger partial charge on any atom is 0.0701 e. The summed E-state index contributed by atoms with van der Waals surface area (Å²) in [6.45, 7) is 0.882. The van der Waals surface area contributed by atoms with Gasteiger partial charge in [0.1, 0.15) is 0 Å². The smallest absolute Gasteiger partial charge is 0.0701 e. The van der Waals surface area contributed by atoms with Gasteiger partial charge in [0.2, 0.25) is 0 Å². The molecule has 4 heteroatoms. The van der Waals surface area contributed by atoms with Gasteiger partial charge in [0.15, 0.2) is 0 Å². The van der Waals surface area contributed by atoms with E-state index in [9.17, 15) is 0 Å². The monoisotopic (exact) mass is 403 g/mol. The van der Waals surface area contributed by atoms with E-state index < -0.39 is 0 Å². The summed E-state index contributed by atoms with van der Waals surface area (Å²) in [7, 11) is 0. The number of hydrogen-bond acceptors (Lipinski definition) is 3. The zero-order valence-electron chi connectivity index (χ0n) is 11.7. The highest BCUT2D eigenvalue weighted by Crippen LogP contribution is 2.42. The van der Waals surface area contributed by atoms with Crippen molar-refractivity contribution in [2.24, 2.45) is 11.7 Å². The molecule has 20 heavy (non-hydrogen) atoms. The first-order chi connectivity index (χ1) is 9.69. The van der Waals surface area contributed by atoms with Gasteiger partial charge < -0.3 is 10.5 Å². The van der Waals surface area contributed by atoms with E-state index in [1.165, 1.54) is 33.5 Å². The minimum Gasteiger partial charge on any atom is -0.375 e. The maximum atomic E-state index is 6.56. The summed E-state index contributed by atoms with van der Waals surface area (Å²) in [5.41, 5.74) is 7.98. The summed E-state index contributed by atoms with van der Waals surface area (Å²) in [4.78, 5) is 0. The molecule has 0 amide bonds. The number of rotatable bonds is 2. The van der Waals surface area contributed by atoms with Crippen LogP contribution in [0, 0.1) is 9.49 Å². The predicted octanol–water partition coefficient (Wildman–Crippen LogP) is 3.98. The molecule has 0 aromatic heterocycles. The molecule has 0 radical (unpaired) electrons. The molecule has 0 bridgehead atoms. The van der Waals surface area contributed by atoms with Gasteiger partial charge in [0.25, 0.3) is 0 Å². The Hall–Kier alpha value is 0.220. The normalized spacial score (nSPS) is 27.4. The van der Waals surface area contributed by atoms with Gasteiger partial charge in [-0.2, -0.15) is 11.8 Å². The summed E-state index contributed by atoms with van der Waals surface area (Å²) in [5.74, 6) is 3.04. The van der Waals surface area contributed by atoms with Crippen LogP contribution < -0.4 is 5.73 Å². The van der Waals surface area contributed by atoms with E-state index in [0.717, 1.165) is 19.4 Å². The second-order valence-electron chi connectivity index (χ2n) is 5.98.